The van der Waals surface area contributed by atoms with Gasteiger partial charge in [-0.3, -0.25) is 0 Å². The highest BCUT2D eigenvalue weighted by Gasteiger charge is 2.13. The third kappa shape index (κ3) is 7.07. The Kier molecular flexibility index (Phi) is 8.73. The van der Waals surface area contributed by atoms with E-state index in [4.69, 9.17) is 9.16 Å². The number of esters is 1. The number of carbonyl (C=O) groups excluding carboxylic acids is 1. The standard InChI is InChI=1S/C21H26O3Si/c1-2-21(22)23-15-9-17-25-24-16-14-20(18-10-5-3-6-11-18)19-12-7-4-8-13-19/h2-8,10-13,20H,1,9,14-17,25H2. The van der Waals surface area contributed by atoms with E-state index in [1.54, 1.807) is 0 Å². The van der Waals surface area contributed by atoms with Gasteiger partial charge in [0.25, 0.3) is 0 Å². The molecule has 0 aliphatic carbocycles. The molecule has 0 fully saturated rings. The van der Waals surface area contributed by atoms with Crippen molar-refractivity contribution in [3.8, 4) is 0 Å². The third-order valence-electron chi connectivity index (χ3n) is 4.05. The van der Waals surface area contributed by atoms with Crippen LogP contribution < -0.4 is 0 Å². The van der Waals surface area contributed by atoms with Crippen molar-refractivity contribution in [1.29, 1.82) is 0 Å². The van der Waals surface area contributed by atoms with Gasteiger partial charge in [0.2, 0.25) is 0 Å². The Hall–Kier alpha value is -2.17. The molecular formula is C21H26O3Si. The van der Waals surface area contributed by atoms with Crippen LogP contribution in [-0.2, 0) is 14.0 Å². The van der Waals surface area contributed by atoms with E-state index in [-0.39, 0.29) is 5.97 Å². The van der Waals surface area contributed by atoms with Crippen LogP contribution in [-0.4, -0.2) is 28.9 Å². The first-order chi connectivity index (χ1) is 12.3. The summed E-state index contributed by atoms with van der Waals surface area (Å²) >= 11 is 0. The summed E-state index contributed by atoms with van der Waals surface area (Å²) in [5.74, 6) is 0.0149. The molecule has 0 aliphatic heterocycles. The van der Waals surface area contributed by atoms with Crippen molar-refractivity contribution < 1.29 is 14.0 Å². The maximum absolute atomic E-state index is 10.9. The monoisotopic (exact) mass is 354 g/mol. The third-order valence-corrected chi connectivity index (χ3v) is 5.41. The van der Waals surface area contributed by atoms with Gasteiger partial charge >= 0.3 is 5.97 Å². The first kappa shape index (κ1) is 19.2. The summed E-state index contributed by atoms with van der Waals surface area (Å²) in [7, 11) is -0.560. The van der Waals surface area contributed by atoms with Crippen molar-refractivity contribution in [2.24, 2.45) is 0 Å². The van der Waals surface area contributed by atoms with Gasteiger partial charge < -0.3 is 9.16 Å². The molecule has 132 valence electrons. The van der Waals surface area contributed by atoms with Gasteiger partial charge in [0.15, 0.2) is 9.76 Å². The van der Waals surface area contributed by atoms with Crippen LogP contribution in [0.15, 0.2) is 73.3 Å². The first-order valence-corrected chi connectivity index (χ1v) is 10.4. The van der Waals surface area contributed by atoms with E-state index < -0.39 is 9.76 Å². The van der Waals surface area contributed by atoms with Gasteiger partial charge in [0.1, 0.15) is 0 Å². The lowest BCUT2D eigenvalue weighted by Gasteiger charge is -2.18. The number of ether oxygens (including phenoxy) is 1. The Morgan fingerprint density at radius 2 is 1.60 bits per heavy atom. The van der Waals surface area contributed by atoms with Crippen molar-refractivity contribution >= 4 is 15.7 Å². The van der Waals surface area contributed by atoms with E-state index in [2.05, 4.69) is 55.1 Å². The SMILES string of the molecule is C=CC(=O)OCCC[SiH2]OCCC(c1ccccc1)c1ccccc1. The predicted molar refractivity (Wildman–Crippen MR) is 104 cm³/mol. The Balaban J connectivity index is 1.74. The van der Waals surface area contributed by atoms with E-state index in [0.29, 0.717) is 12.5 Å². The predicted octanol–water partition coefficient (Wildman–Crippen LogP) is 3.85. The molecule has 2 aromatic carbocycles. The molecule has 3 nitrogen and oxygen atoms in total. The van der Waals surface area contributed by atoms with Gasteiger partial charge in [0.05, 0.1) is 6.61 Å². The normalized spacial score (nSPS) is 11.1. The number of hydrogen-bond donors (Lipinski definition) is 0. The van der Waals surface area contributed by atoms with Crippen LogP contribution in [0.3, 0.4) is 0 Å². The second-order valence-electron chi connectivity index (χ2n) is 5.85. The average Bonchev–Trinajstić information content (AvgIpc) is 2.68. The zero-order valence-electron chi connectivity index (χ0n) is 14.6. The summed E-state index contributed by atoms with van der Waals surface area (Å²) in [5.41, 5.74) is 2.66. The highest BCUT2D eigenvalue weighted by atomic mass is 28.2. The summed E-state index contributed by atoms with van der Waals surface area (Å²) in [6.07, 6.45) is 3.04. The van der Waals surface area contributed by atoms with Gasteiger partial charge in [-0.05, 0) is 30.0 Å². The molecule has 25 heavy (non-hydrogen) atoms. The zero-order chi connectivity index (χ0) is 17.7. The van der Waals surface area contributed by atoms with Crippen molar-refractivity contribution in [2.75, 3.05) is 13.2 Å². The van der Waals surface area contributed by atoms with E-state index in [0.717, 1.165) is 25.5 Å². The minimum absolute atomic E-state index is 0.351. The molecule has 4 heteroatoms. The first-order valence-electron chi connectivity index (χ1n) is 8.78. The molecule has 0 amide bonds. The van der Waals surface area contributed by atoms with E-state index >= 15 is 0 Å². The maximum atomic E-state index is 10.9. The van der Waals surface area contributed by atoms with E-state index in [1.165, 1.54) is 17.2 Å². The van der Waals surface area contributed by atoms with Crippen molar-refractivity contribution in [1.82, 2.24) is 0 Å². The molecule has 0 N–H and O–H groups in total. The Morgan fingerprint density at radius 3 is 2.16 bits per heavy atom. The van der Waals surface area contributed by atoms with Gasteiger partial charge in [-0.25, -0.2) is 4.79 Å². The van der Waals surface area contributed by atoms with Crippen LogP contribution in [0.1, 0.15) is 29.9 Å². The van der Waals surface area contributed by atoms with E-state index in [9.17, 15) is 4.79 Å². The topological polar surface area (TPSA) is 35.5 Å². The highest BCUT2D eigenvalue weighted by molar-refractivity contribution is 6.26. The van der Waals surface area contributed by atoms with Gasteiger partial charge in [-0.1, -0.05) is 67.2 Å². The van der Waals surface area contributed by atoms with Crippen molar-refractivity contribution in [3.05, 3.63) is 84.4 Å². The van der Waals surface area contributed by atoms with Gasteiger partial charge in [-0.2, -0.15) is 0 Å². The second-order valence-corrected chi connectivity index (χ2v) is 7.38. The number of carbonyl (C=O) groups is 1. The minimum Gasteiger partial charge on any atom is -0.463 e. The summed E-state index contributed by atoms with van der Waals surface area (Å²) in [6, 6.07) is 22.2. The molecule has 0 unspecified atom stereocenters. The summed E-state index contributed by atoms with van der Waals surface area (Å²) in [6.45, 7) is 4.60. The van der Waals surface area contributed by atoms with Gasteiger partial charge in [0, 0.05) is 18.6 Å². The largest absolute Gasteiger partial charge is 0.463 e. The van der Waals surface area contributed by atoms with Crippen LogP contribution in [0.5, 0.6) is 0 Å². The second kappa shape index (κ2) is 11.4. The smallest absolute Gasteiger partial charge is 0.330 e. The molecule has 0 heterocycles. The zero-order valence-corrected chi connectivity index (χ0v) is 16.0. The lowest BCUT2D eigenvalue weighted by Crippen LogP contribution is -2.09. The molecule has 0 radical (unpaired) electrons. The fourth-order valence-electron chi connectivity index (χ4n) is 2.74. The van der Waals surface area contributed by atoms with Crippen LogP contribution in [0.2, 0.25) is 6.04 Å². The fraction of sp³-hybridized carbons (Fsp3) is 0.286. The maximum Gasteiger partial charge on any atom is 0.330 e. The molecule has 2 rings (SSSR count). The lowest BCUT2D eigenvalue weighted by molar-refractivity contribution is -0.137. The summed E-state index contributed by atoms with van der Waals surface area (Å²) < 4.78 is 10.9. The highest BCUT2D eigenvalue weighted by Crippen LogP contribution is 2.27. The Labute approximate surface area is 152 Å². The van der Waals surface area contributed by atoms with Crippen molar-refractivity contribution in [3.63, 3.8) is 0 Å². The molecule has 0 aromatic heterocycles. The lowest BCUT2D eigenvalue weighted by atomic mass is 9.89. The molecule has 0 spiro atoms. The fourth-order valence-corrected chi connectivity index (χ4v) is 3.72. The average molecular weight is 355 g/mol. The molecule has 0 atom stereocenters. The molecular weight excluding hydrogens is 328 g/mol. The molecule has 0 saturated heterocycles. The molecule has 0 bridgehead atoms. The van der Waals surface area contributed by atoms with Crippen LogP contribution in [0.4, 0.5) is 0 Å². The van der Waals surface area contributed by atoms with Crippen LogP contribution in [0, 0.1) is 0 Å². The van der Waals surface area contributed by atoms with E-state index in [1.807, 2.05) is 12.1 Å². The Morgan fingerprint density at radius 1 is 1.00 bits per heavy atom. The van der Waals surface area contributed by atoms with Crippen molar-refractivity contribution in [2.45, 2.75) is 24.8 Å². The quantitative estimate of drug-likeness (QED) is 0.266. The molecule has 0 saturated carbocycles. The van der Waals surface area contributed by atoms with Gasteiger partial charge in [-0.15, -0.1) is 0 Å². The summed E-state index contributed by atoms with van der Waals surface area (Å²) in [4.78, 5) is 10.9. The number of rotatable bonds is 11. The number of benzene rings is 2. The Bertz CT molecular complexity index is 589. The number of hydrogen-bond acceptors (Lipinski definition) is 3. The van der Waals surface area contributed by atoms with Crippen LogP contribution >= 0.6 is 0 Å². The molecule has 2 aromatic rings. The summed E-state index contributed by atoms with van der Waals surface area (Å²) in [5, 5.41) is 0. The minimum atomic E-state index is -0.560. The molecule has 0 aliphatic rings. The van der Waals surface area contributed by atoms with Crippen LogP contribution in [0.25, 0.3) is 0 Å².